The monoisotopic (exact) mass is 278 g/mol. The molecule has 0 spiro atoms. The van der Waals surface area contributed by atoms with Gasteiger partial charge >= 0.3 is 0 Å². The Balaban J connectivity index is 2.06. The van der Waals surface area contributed by atoms with E-state index in [0.717, 1.165) is 6.29 Å². The molecule has 2 aromatic rings. The van der Waals surface area contributed by atoms with E-state index in [2.05, 4.69) is 15.0 Å². The molecule has 0 radical (unpaired) electrons. The molecule has 5 N–H and O–H groups in total. The van der Waals surface area contributed by atoms with Crippen LogP contribution in [0.4, 0.5) is 5.82 Å². The Labute approximate surface area is 113 Å². The van der Waals surface area contributed by atoms with Crippen LogP contribution in [0.5, 0.6) is 0 Å². The standard InChI is InChI=1S/C11H14N6O3/c12-7-5(1-18)11(20-6(7)2-19)17-4-16-8-9(13)14-3-15-10(8)17/h1,3-7,11,19H,2,12H2,(H2,13,14,15)/t5-,6-,7+,11-/m1/s1. The summed E-state index contributed by atoms with van der Waals surface area (Å²) < 4.78 is 7.22. The second-order valence-electron chi connectivity index (χ2n) is 4.62. The summed E-state index contributed by atoms with van der Waals surface area (Å²) in [7, 11) is 0. The minimum atomic E-state index is -0.668. The number of nitrogens with two attached hydrogens (primary N) is 2. The molecule has 1 aliphatic rings. The Bertz CT molecular complexity index is 644. The SMILES string of the molecule is Nc1ncnc2c1ncn2[C@@H]1O[C@H](CO)[C@@H](N)[C@H]1C=O. The van der Waals surface area contributed by atoms with Crippen molar-refractivity contribution in [3.05, 3.63) is 12.7 Å². The fraction of sp³-hybridized carbons (Fsp3) is 0.455. The molecule has 2 aromatic heterocycles. The van der Waals surface area contributed by atoms with Gasteiger partial charge in [0, 0.05) is 6.04 Å². The molecule has 0 bridgehead atoms. The first kappa shape index (κ1) is 12.9. The van der Waals surface area contributed by atoms with E-state index >= 15 is 0 Å². The van der Waals surface area contributed by atoms with Gasteiger partial charge in [0.15, 0.2) is 11.5 Å². The minimum absolute atomic E-state index is 0.248. The van der Waals surface area contributed by atoms with Crippen molar-refractivity contribution in [2.24, 2.45) is 11.7 Å². The van der Waals surface area contributed by atoms with Crippen LogP contribution in [0.25, 0.3) is 11.2 Å². The molecule has 9 nitrogen and oxygen atoms in total. The summed E-state index contributed by atoms with van der Waals surface area (Å²) in [5.41, 5.74) is 12.5. The van der Waals surface area contributed by atoms with Gasteiger partial charge in [-0.05, 0) is 0 Å². The molecule has 0 saturated carbocycles. The number of ether oxygens (including phenoxy) is 1. The van der Waals surface area contributed by atoms with Gasteiger partial charge in [-0.25, -0.2) is 15.0 Å². The van der Waals surface area contributed by atoms with Crippen LogP contribution in [0.15, 0.2) is 12.7 Å². The molecule has 20 heavy (non-hydrogen) atoms. The summed E-state index contributed by atoms with van der Waals surface area (Å²) in [6, 6.07) is -0.584. The van der Waals surface area contributed by atoms with Crippen molar-refractivity contribution in [1.82, 2.24) is 19.5 Å². The summed E-state index contributed by atoms with van der Waals surface area (Å²) in [4.78, 5) is 23.3. The van der Waals surface area contributed by atoms with Crippen molar-refractivity contribution in [3.63, 3.8) is 0 Å². The van der Waals surface area contributed by atoms with Crippen LogP contribution in [0.2, 0.25) is 0 Å². The maximum absolute atomic E-state index is 11.3. The van der Waals surface area contributed by atoms with E-state index in [0.29, 0.717) is 11.2 Å². The largest absolute Gasteiger partial charge is 0.394 e. The Kier molecular flexibility index (Phi) is 3.08. The molecular weight excluding hydrogens is 264 g/mol. The molecule has 9 heteroatoms. The number of nitrogen functional groups attached to an aromatic ring is 1. The molecule has 106 valence electrons. The molecule has 0 aliphatic carbocycles. The number of carbonyl (C=O) groups excluding carboxylic acids is 1. The van der Waals surface area contributed by atoms with E-state index in [1.807, 2.05) is 0 Å². The number of aromatic nitrogens is 4. The predicted molar refractivity (Wildman–Crippen MR) is 68.3 cm³/mol. The van der Waals surface area contributed by atoms with Crippen molar-refractivity contribution in [2.75, 3.05) is 12.3 Å². The third kappa shape index (κ3) is 1.75. The molecule has 3 rings (SSSR count). The number of aldehydes is 1. The molecular formula is C11H14N6O3. The van der Waals surface area contributed by atoms with E-state index in [9.17, 15) is 9.90 Å². The summed E-state index contributed by atoms with van der Waals surface area (Å²) in [6.07, 6.45) is 2.24. The van der Waals surface area contributed by atoms with Crippen LogP contribution in [0, 0.1) is 5.92 Å². The predicted octanol–water partition coefficient (Wildman–Crippen LogP) is -1.56. The van der Waals surface area contributed by atoms with Gasteiger partial charge in [0.1, 0.15) is 24.4 Å². The van der Waals surface area contributed by atoms with E-state index in [1.165, 1.54) is 12.7 Å². The number of aliphatic hydroxyl groups is 1. The second-order valence-corrected chi connectivity index (χ2v) is 4.62. The van der Waals surface area contributed by atoms with Gasteiger partial charge in [-0.2, -0.15) is 0 Å². The Morgan fingerprint density at radius 3 is 2.95 bits per heavy atom. The molecule has 4 atom stereocenters. The molecule has 0 aromatic carbocycles. The highest BCUT2D eigenvalue weighted by Crippen LogP contribution is 2.34. The lowest BCUT2D eigenvalue weighted by Gasteiger charge is -2.16. The van der Waals surface area contributed by atoms with Gasteiger partial charge < -0.3 is 26.1 Å². The maximum Gasteiger partial charge on any atom is 0.167 e. The van der Waals surface area contributed by atoms with Gasteiger partial charge in [0.05, 0.1) is 25.0 Å². The number of anilines is 1. The Morgan fingerprint density at radius 1 is 1.45 bits per heavy atom. The molecule has 0 amide bonds. The zero-order valence-electron chi connectivity index (χ0n) is 10.5. The number of fused-ring (bicyclic) bond motifs is 1. The number of aliphatic hydroxyl groups excluding tert-OH is 1. The summed E-state index contributed by atoms with van der Waals surface area (Å²) in [5, 5.41) is 9.23. The quantitative estimate of drug-likeness (QED) is 0.572. The second kappa shape index (κ2) is 4.78. The fourth-order valence-corrected chi connectivity index (χ4v) is 2.43. The average molecular weight is 278 g/mol. The first-order valence-corrected chi connectivity index (χ1v) is 6.07. The van der Waals surface area contributed by atoms with Crippen LogP contribution in [0.1, 0.15) is 6.23 Å². The van der Waals surface area contributed by atoms with Crippen molar-refractivity contribution in [3.8, 4) is 0 Å². The number of rotatable bonds is 3. The van der Waals surface area contributed by atoms with E-state index in [1.54, 1.807) is 4.57 Å². The van der Waals surface area contributed by atoms with Gasteiger partial charge in [0.25, 0.3) is 0 Å². The number of hydrogen-bond acceptors (Lipinski definition) is 8. The molecule has 3 heterocycles. The smallest absolute Gasteiger partial charge is 0.167 e. The average Bonchev–Trinajstić information content (AvgIpc) is 3.00. The number of imidazole rings is 1. The van der Waals surface area contributed by atoms with Crippen LogP contribution < -0.4 is 11.5 Å². The summed E-state index contributed by atoms with van der Waals surface area (Å²) in [5.74, 6) is -0.349. The molecule has 0 unspecified atom stereocenters. The zero-order valence-corrected chi connectivity index (χ0v) is 10.5. The maximum atomic E-state index is 11.3. The van der Waals surface area contributed by atoms with Crippen molar-refractivity contribution in [2.45, 2.75) is 18.4 Å². The van der Waals surface area contributed by atoms with Crippen LogP contribution in [-0.2, 0) is 9.53 Å². The lowest BCUT2D eigenvalue weighted by atomic mass is 9.99. The highest BCUT2D eigenvalue weighted by Gasteiger charge is 2.43. The third-order valence-electron chi connectivity index (χ3n) is 3.52. The third-order valence-corrected chi connectivity index (χ3v) is 3.52. The van der Waals surface area contributed by atoms with Gasteiger partial charge in [-0.1, -0.05) is 0 Å². The lowest BCUT2D eigenvalue weighted by Crippen LogP contribution is -2.38. The van der Waals surface area contributed by atoms with Crippen molar-refractivity contribution in [1.29, 1.82) is 0 Å². The van der Waals surface area contributed by atoms with Gasteiger partial charge in [-0.3, -0.25) is 4.57 Å². The van der Waals surface area contributed by atoms with Crippen LogP contribution in [-0.4, -0.2) is 49.7 Å². The fourth-order valence-electron chi connectivity index (χ4n) is 2.43. The van der Waals surface area contributed by atoms with Gasteiger partial charge in [-0.15, -0.1) is 0 Å². The zero-order chi connectivity index (χ0) is 14.3. The van der Waals surface area contributed by atoms with Crippen molar-refractivity contribution >= 4 is 23.3 Å². The number of carbonyl (C=O) groups is 1. The topological polar surface area (TPSA) is 142 Å². The summed E-state index contributed by atoms with van der Waals surface area (Å²) in [6.45, 7) is -0.258. The van der Waals surface area contributed by atoms with E-state index in [-0.39, 0.29) is 12.4 Å². The number of hydrogen-bond donors (Lipinski definition) is 3. The van der Waals surface area contributed by atoms with E-state index in [4.69, 9.17) is 16.2 Å². The van der Waals surface area contributed by atoms with Crippen LogP contribution >= 0.6 is 0 Å². The minimum Gasteiger partial charge on any atom is -0.394 e. The Hall–Kier alpha value is -2.10. The molecule has 1 fully saturated rings. The summed E-state index contributed by atoms with van der Waals surface area (Å²) >= 11 is 0. The Morgan fingerprint density at radius 2 is 2.25 bits per heavy atom. The van der Waals surface area contributed by atoms with Crippen LogP contribution in [0.3, 0.4) is 0 Å². The first-order chi connectivity index (χ1) is 9.67. The highest BCUT2D eigenvalue weighted by atomic mass is 16.5. The highest BCUT2D eigenvalue weighted by molar-refractivity contribution is 5.81. The normalized spacial score (nSPS) is 29.9. The molecule has 1 aliphatic heterocycles. The van der Waals surface area contributed by atoms with Crippen molar-refractivity contribution < 1.29 is 14.6 Å². The molecule has 1 saturated heterocycles. The first-order valence-electron chi connectivity index (χ1n) is 6.07. The van der Waals surface area contributed by atoms with Gasteiger partial charge in [0.2, 0.25) is 0 Å². The van der Waals surface area contributed by atoms with E-state index < -0.39 is 24.3 Å². The lowest BCUT2D eigenvalue weighted by molar-refractivity contribution is -0.114. The number of nitrogens with zero attached hydrogens (tertiary/aromatic N) is 4.